The van der Waals surface area contributed by atoms with Crippen LogP contribution in [-0.2, 0) is 20.7 Å². The number of hydrogen-bond acceptors (Lipinski definition) is 7. The monoisotopic (exact) mass is 597 g/mol. The number of primary amides is 1. The SMILES string of the molecule is C1CC1.CCC1CCNC1CC.CCN1C(=O)CCc2c(C(=O)N3C(C#N)CC4CC43)nn(C3CCOCC3)c21.NC=O. The van der Waals surface area contributed by atoms with Gasteiger partial charge in [-0.25, -0.2) is 4.68 Å². The highest BCUT2D eigenvalue weighted by Gasteiger charge is 2.55. The molecule has 4 aliphatic heterocycles. The van der Waals surface area contributed by atoms with Gasteiger partial charge in [-0.1, -0.05) is 39.5 Å². The molecule has 0 bridgehead atoms. The van der Waals surface area contributed by atoms with E-state index in [4.69, 9.17) is 14.6 Å². The first-order valence-corrected chi connectivity index (χ1v) is 16.5. The Labute approximate surface area is 256 Å². The zero-order valence-electron chi connectivity index (χ0n) is 26.3. The fourth-order valence-corrected chi connectivity index (χ4v) is 6.92. The number of ether oxygens (including phenoxy) is 1. The molecular weight excluding hydrogens is 546 g/mol. The summed E-state index contributed by atoms with van der Waals surface area (Å²) in [5, 5.41) is 17.8. The number of carbonyl (C=O) groups excluding carboxylic acids is 3. The highest BCUT2D eigenvalue weighted by Crippen LogP contribution is 2.48. The number of carbonyl (C=O) groups is 3. The molecule has 43 heavy (non-hydrogen) atoms. The maximum absolute atomic E-state index is 13.5. The van der Waals surface area contributed by atoms with Crippen molar-refractivity contribution >= 4 is 24.0 Å². The van der Waals surface area contributed by atoms with Crippen molar-refractivity contribution in [3.63, 3.8) is 0 Å². The van der Waals surface area contributed by atoms with Crippen LogP contribution >= 0.6 is 0 Å². The summed E-state index contributed by atoms with van der Waals surface area (Å²) in [5.41, 5.74) is 5.49. The number of hydrogen-bond donors (Lipinski definition) is 2. The second-order valence-corrected chi connectivity index (χ2v) is 12.4. The summed E-state index contributed by atoms with van der Waals surface area (Å²) in [5.74, 6) is 2.17. The number of nitrogens with two attached hydrogens (primary N) is 1. The van der Waals surface area contributed by atoms with Crippen LogP contribution in [0.25, 0.3) is 0 Å². The molecule has 238 valence electrons. The highest BCUT2D eigenvalue weighted by molar-refractivity contribution is 6.01. The third-order valence-electron chi connectivity index (χ3n) is 9.48. The minimum Gasteiger partial charge on any atom is -0.381 e. The van der Waals surface area contributed by atoms with Crippen LogP contribution in [0.3, 0.4) is 0 Å². The van der Waals surface area contributed by atoms with E-state index in [1.54, 1.807) is 9.80 Å². The van der Waals surface area contributed by atoms with E-state index in [2.05, 4.69) is 31.0 Å². The van der Waals surface area contributed by atoms with Gasteiger partial charge in [0.2, 0.25) is 12.3 Å². The quantitative estimate of drug-likeness (QED) is 0.492. The summed E-state index contributed by atoms with van der Waals surface area (Å²) in [6.07, 6.45) is 13.1. The van der Waals surface area contributed by atoms with Gasteiger partial charge in [0.25, 0.3) is 5.91 Å². The number of nitriles is 1. The van der Waals surface area contributed by atoms with Gasteiger partial charge in [-0.15, -0.1) is 0 Å². The van der Waals surface area contributed by atoms with Crippen LogP contribution in [-0.4, -0.2) is 77.3 Å². The number of nitrogens with one attached hydrogen (secondary N) is 1. The Morgan fingerprint density at radius 1 is 1.12 bits per heavy atom. The number of anilines is 1. The van der Waals surface area contributed by atoms with E-state index in [0.29, 0.717) is 44.2 Å². The van der Waals surface area contributed by atoms with Gasteiger partial charge in [0.05, 0.1) is 12.1 Å². The van der Waals surface area contributed by atoms with Gasteiger partial charge in [-0.2, -0.15) is 10.4 Å². The molecule has 0 aromatic carbocycles. The lowest BCUT2D eigenvalue weighted by molar-refractivity contribution is -0.119. The average molecular weight is 598 g/mol. The van der Waals surface area contributed by atoms with Crippen molar-refractivity contribution in [2.75, 3.05) is 31.2 Å². The van der Waals surface area contributed by atoms with Gasteiger partial charge in [-0.05, 0) is 70.3 Å². The van der Waals surface area contributed by atoms with Crippen molar-refractivity contribution in [1.29, 1.82) is 5.26 Å². The van der Waals surface area contributed by atoms with Crippen molar-refractivity contribution in [3.8, 4) is 6.07 Å². The van der Waals surface area contributed by atoms with Crippen molar-refractivity contribution in [2.24, 2.45) is 17.6 Å². The molecule has 3 amide bonds. The van der Waals surface area contributed by atoms with Crippen LogP contribution in [0.15, 0.2) is 0 Å². The van der Waals surface area contributed by atoms with Crippen LogP contribution in [0.4, 0.5) is 5.82 Å². The Balaban J connectivity index is 0.000000232. The molecule has 0 radical (unpaired) electrons. The number of piperidine rings is 1. The minimum atomic E-state index is -0.354. The molecule has 2 saturated carbocycles. The van der Waals surface area contributed by atoms with E-state index in [1.165, 1.54) is 45.1 Å². The van der Waals surface area contributed by atoms with Crippen molar-refractivity contribution in [1.82, 2.24) is 20.0 Å². The smallest absolute Gasteiger partial charge is 0.276 e. The largest absolute Gasteiger partial charge is 0.381 e. The average Bonchev–Trinajstić information content (AvgIpc) is 3.94. The van der Waals surface area contributed by atoms with E-state index >= 15 is 0 Å². The van der Waals surface area contributed by atoms with Crippen LogP contribution < -0.4 is 16.0 Å². The molecule has 1 aromatic heterocycles. The van der Waals surface area contributed by atoms with Crippen LogP contribution in [0, 0.1) is 23.2 Å². The molecule has 5 unspecified atom stereocenters. The summed E-state index contributed by atoms with van der Waals surface area (Å²) < 4.78 is 7.40. The standard InChI is InChI=1S/C20H25N5O3.C8H17N.C3H6.CH3NO/c1-2-23-17(26)4-3-15-18(20(27)24-14(11-21)9-12-10-16(12)24)22-25(19(15)23)13-5-7-28-8-6-13;1-3-7-5-6-9-8(7)4-2;1-2-3-1;2-1-3/h12-14,16H,2-10H2,1H3;7-9H,3-6H2,1-2H3;1-3H2;1H,(H2,2,3). The van der Waals surface area contributed by atoms with E-state index in [9.17, 15) is 14.9 Å². The Morgan fingerprint density at radius 3 is 2.37 bits per heavy atom. The molecular formula is C32H51N7O4. The first-order valence-electron chi connectivity index (χ1n) is 16.5. The predicted octanol–water partition coefficient (Wildman–Crippen LogP) is 3.72. The van der Waals surface area contributed by atoms with Crippen LogP contribution in [0.2, 0.25) is 0 Å². The Kier molecular flexibility index (Phi) is 12.0. The number of rotatable bonds is 5. The second-order valence-electron chi connectivity index (χ2n) is 12.4. The number of fused-ring (bicyclic) bond motifs is 2. The normalized spacial score (nSPS) is 28.5. The van der Waals surface area contributed by atoms with E-state index < -0.39 is 0 Å². The van der Waals surface area contributed by atoms with Gasteiger partial charge in [-0.3, -0.25) is 19.3 Å². The van der Waals surface area contributed by atoms with Gasteiger partial charge in [0.15, 0.2) is 5.69 Å². The zero-order valence-corrected chi connectivity index (χ0v) is 26.3. The fourth-order valence-electron chi connectivity index (χ4n) is 6.92. The molecule has 0 spiro atoms. The first kappa shape index (κ1) is 32.9. The minimum absolute atomic E-state index is 0.0838. The third kappa shape index (κ3) is 7.76. The molecule has 6 aliphatic rings. The Morgan fingerprint density at radius 2 is 1.81 bits per heavy atom. The summed E-state index contributed by atoms with van der Waals surface area (Å²) in [4.78, 5) is 38.1. The Hall–Kier alpha value is -2.97. The molecule has 5 atom stereocenters. The van der Waals surface area contributed by atoms with Crippen molar-refractivity contribution < 1.29 is 19.1 Å². The number of nitrogens with zero attached hydrogens (tertiary/aromatic N) is 5. The lowest BCUT2D eigenvalue weighted by Crippen LogP contribution is -2.39. The van der Waals surface area contributed by atoms with E-state index in [0.717, 1.165) is 49.0 Å². The van der Waals surface area contributed by atoms with Crippen molar-refractivity contribution in [2.45, 2.75) is 122 Å². The van der Waals surface area contributed by atoms with Crippen LogP contribution in [0.5, 0.6) is 0 Å². The molecule has 2 aliphatic carbocycles. The first-order chi connectivity index (χ1) is 20.9. The van der Waals surface area contributed by atoms with E-state index in [1.807, 2.05) is 11.6 Å². The van der Waals surface area contributed by atoms with Crippen LogP contribution in [0.1, 0.15) is 113 Å². The molecule has 5 fully saturated rings. The summed E-state index contributed by atoms with van der Waals surface area (Å²) >= 11 is 0. The third-order valence-corrected chi connectivity index (χ3v) is 9.48. The van der Waals surface area contributed by atoms with Gasteiger partial charge in [0.1, 0.15) is 11.9 Å². The summed E-state index contributed by atoms with van der Waals surface area (Å²) in [7, 11) is 0. The fraction of sp³-hybridized carbons (Fsp3) is 0.781. The number of likely N-dealkylation sites (tertiary alicyclic amines) is 1. The second kappa shape index (κ2) is 15.7. The van der Waals surface area contributed by atoms with E-state index in [-0.39, 0.29) is 36.3 Å². The molecule has 7 rings (SSSR count). The number of aromatic nitrogens is 2. The maximum Gasteiger partial charge on any atom is 0.276 e. The lowest BCUT2D eigenvalue weighted by atomic mass is 9.96. The molecule has 5 heterocycles. The molecule has 11 heteroatoms. The van der Waals surface area contributed by atoms with Gasteiger partial charge in [0, 0.05) is 43.8 Å². The molecule has 3 N–H and O–H groups in total. The molecule has 11 nitrogen and oxygen atoms in total. The summed E-state index contributed by atoms with van der Waals surface area (Å²) in [6.45, 7) is 9.65. The molecule has 1 aromatic rings. The molecule has 3 saturated heterocycles. The van der Waals surface area contributed by atoms with Gasteiger partial charge < -0.3 is 20.7 Å². The zero-order chi connectivity index (χ0) is 30.9. The maximum atomic E-state index is 13.5. The Bertz CT molecular complexity index is 1130. The van der Waals surface area contributed by atoms with Crippen molar-refractivity contribution in [3.05, 3.63) is 11.3 Å². The number of amides is 3. The summed E-state index contributed by atoms with van der Waals surface area (Å²) in [6, 6.07) is 3.08. The lowest BCUT2D eigenvalue weighted by Gasteiger charge is -2.31. The highest BCUT2D eigenvalue weighted by atomic mass is 16.5. The predicted molar refractivity (Wildman–Crippen MR) is 164 cm³/mol. The topological polar surface area (TPSA) is 147 Å². The van der Waals surface area contributed by atoms with Gasteiger partial charge >= 0.3 is 0 Å².